The fraction of sp³-hybridized carbons (Fsp3) is 1.00. The van der Waals surface area contributed by atoms with Gasteiger partial charge in [-0.25, -0.2) is 4.84 Å². The number of rotatable bonds is 1. The summed E-state index contributed by atoms with van der Waals surface area (Å²) >= 11 is 0. The molecule has 0 saturated carbocycles. The third kappa shape index (κ3) is 1.43. The highest BCUT2D eigenvalue weighted by atomic mass is 16.7. The van der Waals surface area contributed by atoms with Crippen molar-refractivity contribution in [2.45, 2.75) is 0 Å². The minimum absolute atomic E-state index is 0.836. The Morgan fingerprint density at radius 3 is 2.38 bits per heavy atom. The molecule has 0 bridgehead atoms. The normalized spacial score (nSPS) is 23.6. The van der Waals surface area contributed by atoms with Gasteiger partial charge in [-0.3, -0.25) is 0 Å². The number of ether oxygens (including phenoxy) is 1. The summed E-state index contributed by atoms with van der Waals surface area (Å²) in [6.45, 7) is 3.64. The summed E-state index contributed by atoms with van der Waals surface area (Å²) in [6, 6.07) is 0. The van der Waals surface area contributed by atoms with Crippen LogP contribution in [0.3, 0.4) is 0 Å². The van der Waals surface area contributed by atoms with Crippen LogP contribution in [0.5, 0.6) is 0 Å². The summed E-state index contributed by atoms with van der Waals surface area (Å²) < 4.78 is 5.10. The van der Waals surface area contributed by atoms with E-state index in [4.69, 9.17) is 9.57 Å². The third-order valence-electron chi connectivity index (χ3n) is 1.34. The second-order valence-electron chi connectivity index (χ2n) is 1.86. The molecule has 0 aromatic rings. The Morgan fingerprint density at radius 2 is 2.00 bits per heavy atom. The van der Waals surface area contributed by atoms with E-state index in [2.05, 4.69) is 0 Å². The fourth-order valence-electron chi connectivity index (χ4n) is 0.803. The van der Waals surface area contributed by atoms with Crippen molar-refractivity contribution >= 4 is 0 Å². The van der Waals surface area contributed by atoms with Gasteiger partial charge in [0.25, 0.3) is 0 Å². The zero-order chi connectivity index (χ0) is 5.82. The van der Waals surface area contributed by atoms with Crippen molar-refractivity contribution in [2.24, 2.45) is 0 Å². The largest absolute Gasteiger partial charge is 0.370 e. The summed E-state index contributed by atoms with van der Waals surface area (Å²) in [4.78, 5) is 5.03. The van der Waals surface area contributed by atoms with Crippen LogP contribution < -0.4 is 5.06 Å². The topological polar surface area (TPSA) is 22.9 Å². The van der Waals surface area contributed by atoms with E-state index < -0.39 is 0 Å². The van der Waals surface area contributed by atoms with Gasteiger partial charge in [-0.15, -0.1) is 0 Å². The predicted octanol–water partition coefficient (Wildman–Crippen LogP) is -1.54. The van der Waals surface area contributed by atoms with Gasteiger partial charge in [0, 0.05) is 0 Å². The van der Waals surface area contributed by atoms with E-state index in [1.54, 1.807) is 7.11 Å². The molecule has 48 valence electrons. The first-order valence-corrected chi connectivity index (χ1v) is 2.90. The molecule has 1 saturated heterocycles. The number of hydrogen-bond acceptors (Lipinski definition) is 2. The SMILES string of the molecule is CO[NH+]1CCOCC1. The lowest BCUT2D eigenvalue weighted by atomic mass is 10.5. The van der Waals surface area contributed by atoms with Gasteiger partial charge in [-0.1, -0.05) is 0 Å². The molecular weight excluding hydrogens is 106 g/mol. The number of hydroxylamine groups is 2. The van der Waals surface area contributed by atoms with Gasteiger partial charge in [0.15, 0.2) is 0 Å². The summed E-state index contributed by atoms with van der Waals surface area (Å²) in [5, 5.41) is 1.18. The maximum atomic E-state index is 5.10. The van der Waals surface area contributed by atoms with Crippen molar-refractivity contribution in [2.75, 3.05) is 33.4 Å². The van der Waals surface area contributed by atoms with Crippen molar-refractivity contribution in [3.63, 3.8) is 0 Å². The van der Waals surface area contributed by atoms with Gasteiger partial charge in [0.1, 0.15) is 13.1 Å². The Kier molecular flexibility index (Phi) is 2.27. The van der Waals surface area contributed by atoms with E-state index in [1.807, 2.05) is 0 Å². The van der Waals surface area contributed by atoms with E-state index in [1.165, 1.54) is 5.06 Å². The Morgan fingerprint density at radius 1 is 1.38 bits per heavy atom. The maximum absolute atomic E-state index is 5.10. The average Bonchev–Trinajstić information content (AvgIpc) is 1.90. The first kappa shape index (κ1) is 6.01. The Labute approximate surface area is 49.1 Å². The van der Waals surface area contributed by atoms with Crippen LogP contribution in [0.2, 0.25) is 0 Å². The summed E-state index contributed by atoms with van der Waals surface area (Å²) in [5.74, 6) is 0. The Balaban J connectivity index is 2.13. The molecule has 0 radical (unpaired) electrons. The van der Waals surface area contributed by atoms with Gasteiger partial charge in [-0.2, -0.15) is 5.06 Å². The van der Waals surface area contributed by atoms with Crippen LogP contribution in [-0.2, 0) is 9.57 Å². The van der Waals surface area contributed by atoms with E-state index in [9.17, 15) is 0 Å². The monoisotopic (exact) mass is 118 g/mol. The molecule has 0 atom stereocenters. The van der Waals surface area contributed by atoms with Gasteiger partial charge >= 0.3 is 0 Å². The van der Waals surface area contributed by atoms with E-state index >= 15 is 0 Å². The predicted molar refractivity (Wildman–Crippen MR) is 28.5 cm³/mol. The first-order chi connectivity index (χ1) is 3.93. The number of hydrogen-bond donors (Lipinski definition) is 1. The maximum Gasteiger partial charge on any atom is 0.131 e. The first-order valence-electron chi connectivity index (χ1n) is 2.90. The molecule has 3 heteroatoms. The highest BCUT2D eigenvalue weighted by Crippen LogP contribution is 1.73. The molecule has 3 nitrogen and oxygen atoms in total. The third-order valence-corrected chi connectivity index (χ3v) is 1.34. The molecule has 1 aliphatic heterocycles. The van der Waals surface area contributed by atoms with Crippen LogP contribution in [0.4, 0.5) is 0 Å². The van der Waals surface area contributed by atoms with Gasteiger partial charge < -0.3 is 4.74 Å². The van der Waals surface area contributed by atoms with Crippen LogP contribution >= 0.6 is 0 Å². The highest BCUT2D eigenvalue weighted by molar-refractivity contribution is 4.32. The molecule has 1 heterocycles. The summed E-state index contributed by atoms with van der Waals surface area (Å²) in [5.41, 5.74) is 0. The molecule has 0 spiro atoms. The minimum Gasteiger partial charge on any atom is -0.370 e. The zero-order valence-corrected chi connectivity index (χ0v) is 5.14. The van der Waals surface area contributed by atoms with Gasteiger partial charge in [0.2, 0.25) is 0 Å². The van der Waals surface area contributed by atoms with Crippen LogP contribution in [0.1, 0.15) is 0 Å². The molecule has 1 rings (SSSR count). The van der Waals surface area contributed by atoms with Crippen molar-refractivity contribution in [1.29, 1.82) is 0 Å². The van der Waals surface area contributed by atoms with Crippen LogP contribution in [0.25, 0.3) is 0 Å². The molecule has 0 unspecified atom stereocenters. The second kappa shape index (κ2) is 3.02. The molecule has 0 amide bonds. The van der Waals surface area contributed by atoms with E-state index in [0.29, 0.717) is 0 Å². The summed E-state index contributed by atoms with van der Waals surface area (Å²) in [6.07, 6.45) is 0. The molecule has 1 aliphatic rings. The smallest absolute Gasteiger partial charge is 0.131 e. The lowest BCUT2D eigenvalue weighted by Crippen LogP contribution is -3.12. The van der Waals surface area contributed by atoms with Crippen molar-refractivity contribution in [3.8, 4) is 0 Å². The average molecular weight is 118 g/mol. The second-order valence-corrected chi connectivity index (χ2v) is 1.86. The van der Waals surface area contributed by atoms with Gasteiger partial charge in [0.05, 0.1) is 20.3 Å². The van der Waals surface area contributed by atoms with Crippen molar-refractivity contribution in [3.05, 3.63) is 0 Å². The van der Waals surface area contributed by atoms with Crippen LogP contribution in [0, 0.1) is 0 Å². The molecule has 1 N–H and O–H groups in total. The quantitative estimate of drug-likeness (QED) is 0.451. The Bertz CT molecular complexity index is 61.4. The number of nitrogens with one attached hydrogen (secondary N) is 1. The van der Waals surface area contributed by atoms with Crippen molar-refractivity contribution < 1.29 is 14.6 Å². The van der Waals surface area contributed by atoms with Gasteiger partial charge in [-0.05, 0) is 0 Å². The lowest BCUT2D eigenvalue weighted by molar-refractivity contribution is -1.09. The fourth-order valence-corrected chi connectivity index (χ4v) is 0.803. The van der Waals surface area contributed by atoms with E-state index in [-0.39, 0.29) is 0 Å². The van der Waals surface area contributed by atoms with Crippen LogP contribution in [0.15, 0.2) is 0 Å². The highest BCUT2D eigenvalue weighted by Gasteiger charge is 2.11. The molecule has 8 heavy (non-hydrogen) atoms. The van der Waals surface area contributed by atoms with Crippen LogP contribution in [-0.4, -0.2) is 33.4 Å². The molecule has 1 fully saturated rings. The molecular formula is C5H12NO2+. The zero-order valence-electron chi connectivity index (χ0n) is 5.14. The summed E-state index contributed by atoms with van der Waals surface area (Å²) in [7, 11) is 1.72. The standard InChI is InChI=1S/C5H11NO2/c1-7-6-2-4-8-5-3-6/h2-5H2,1H3/p+1. The van der Waals surface area contributed by atoms with Crippen molar-refractivity contribution in [1.82, 2.24) is 0 Å². The molecule has 0 aliphatic carbocycles. The molecule has 0 aromatic heterocycles. The molecule has 0 aromatic carbocycles. The number of morpholine rings is 1. The van der Waals surface area contributed by atoms with E-state index in [0.717, 1.165) is 26.3 Å². The minimum atomic E-state index is 0.836. The number of quaternary nitrogens is 1. The lowest BCUT2D eigenvalue weighted by Gasteiger charge is -2.19. The Hall–Kier alpha value is -0.120.